The van der Waals surface area contributed by atoms with Gasteiger partial charge in [-0.05, 0) is 37.2 Å². The second-order valence-corrected chi connectivity index (χ2v) is 5.27. The van der Waals surface area contributed by atoms with E-state index in [1.54, 1.807) is 6.08 Å². The van der Waals surface area contributed by atoms with Gasteiger partial charge in [0.1, 0.15) is 0 Å². The fourth-order valence-corrected chi connectivity index (χ4v) is 2.96. The van der Waals surface area contributed by atoms with Crippen molar-refractivity contribution in [2.75, 3.05) is 11.4 Å². The largest absolute Gasteiger partial charge is 0.481 e. The second kappa shape index (κ2) is 6.05. The number of fused-ring (bicyclic) bond motifs is 1. The number of carboxylic acid groups (broad SMARTS) is 1. The molecule has 0 saturated carbocycles. The molecule has 1 heterocycles. The summed E-state index contributed by atoms with van der Waals surface area (Å²) in [4.78, 5) is 13.4. The quantitative estimate of drug-likeness (QED) is 0.662. The average Bonchev–Trinajstić information content (AvgIpc) is 2.43. The number of carbonyl (C=O) groups is 1. The highest BCUT2D eigenvalue weighted by molar-refractivity contribution is 7.80. The summed E-state index contributed by atoms with van der Waals surface area (Å²) in [7, 11) is 0. The van der Waals surface area contributed by atoms with Crippen molar-refractivity contribution in [1.82, 2.24) is 5.32 Å². The lowest BCUT2D eigenvalue weighted by molar-refractivity contribution is -0.139. The van der Waals surface area contributed by atoms with E-state index in [4.69, 9.17) is 12.2 Å². The zero-order chi connectivity index (χ0) is 14.7. The topological polar surface area (TPSA) is 52.6 Å². The van der Waals surface area contributed by atoms with E-state index in [1.165, 1.54) is 0 Å². The number of nitrogens with zero attached hydrogens (tertiary/aromatic N) is 1. The van der Waals surface area contributed by atoms with Gasteiger partial charge in [-0.15, -0.1) is 6.58 Å². The Bertz CT molecular complexity index is 544. The third-order valence-electron chi connectivity index (χ3n) is 3.50. The third kappa shape index (κ3) is 2.67. The Morgan fingerprint density at radius 3 is 2.95 bits per heavy atom. The number of para-hydroxylation sites is 1. The van der Waals surface area contributed by atoms with Crippen molar-refractivity contribution < 1.29 is 9.90 Å². The highest BCUT2D eigenvalue weighted by Gasteiger charge is 2.35. The maximum atomic E-state index is 11.4. The number of aliphatic carboxylic acids is 1. The molecule has 1 aromatic rings. The van der Waals surface area contributed by atoms with Crippen molar-refractivity contribution in [3.63, 3.8) is 0 Å². The van der Waals surface area contributed by atoms with E-state index in [0.717, 1.165) is 11.3 Å². The Balaban J connectivity index is 2.39. The molecule has 0 spiro atoms. The number of thiocarbonyl (C=S) groups is 1. The number of rotatable bonds is 3. The van der Waals surface area contributed by atoms with Gasteiger partial charge in [-0.1, -0.05) is 24.3 Å². The van der Waals surface area contributed by atoms with E-state index >= 15 is 0 Å². The molecule has 4 nitrogen and oxygen atoms in total. The summed E-state index contributed by atoms with van der Waals surface area (Å²) in [6.07, 6.45) is 2.29. The van der Waals surface area contributed by atoms with Gasteiger partial charge in [0.15, 0.2) is 5.11 Å². The Hall–Kier alpha value is -1.88. The van der Waals surface area contributed by atoms with Gasteiger partial charge >= 0.3 is 5.97 Å². The Kier molecular flexibility index (Phi) is 4.39. The van der Waals surface area contributed by atoms with Gasteiger partial charge in [-0.3, -0.25) is 4.79 Å². The van der Waals surface area contributed by atoms with E-state index in [-0.39, 0.29) is 6.04 Å². The van der Waals surface area contributed by atoms with E-state index in [9.17, 15) is 9.90 Å². The fourth-order valence-electron chi connectivity index (χ4n) is 2.60. The maximum Gasteiger partial charge on any atom is 0.311 e. The van der Waals surface area contributed by atoms with Crippen LogP contribution < -0.4 is 10.2 Å². The van der Waals surface area contributed by atoms with Crippen LogP contribution in [0.3, 0.4) is 0 Å². The van der Waals surface area contributed by atoms with Crippen molar-refractivity contribution >= 4 is 29.0 Å². The highest BCUT2D eigenvalue weighted by Crippen LogP contribution is 2.38. The lowest BCUT2D eigenvalue weighted by atomic mass is 9.86. The van der Waals surface area contributed by atoms with Crippen molar-refractivity contribution in [2.24, 2.45) is 0 Å². The van der Waals surface area contributed by atoms with Gasteiger partial charge in [0.05, 0.1) is 5.92 Å². The third-order valence-corrected chi connectivity index (χ3v) is 3.84. The Morgan fingerprint density at radius 1 is 1.60 bits per heavy atom. The number of hydrogen-bond donors (Lipinski definition) is 2. The molecule has 2 rings (SSSR count). The molecule has 2 atom stereocenters. The summed E-state index contributed by atoms with van der Waals surface area (Å²) in [5.41, 5.74) is 1.70. The molecule has 1 aliphatic heterocycles. The molecule has 0 aliphatic carbocycles. The van der Waals surface area contributed by atoms with E-state index in [1.807, 2.05) is 36.1 Å². The molecular weight excluding hydrogens is 272 g/mol. The molecular formula is C15H18N2O2S. The molecule has 106 valence electrons. The summed E-state index contributed by atoms with van der Waals surface area (Å²) in [5, 5.41) is 13.1. The molecule has 1 aliphatic rings. The number of hydrogen-bond acceptors (Lipinski definition) is 2. The minimum Gasteiger partial charge on any atom is -0.481 e. The normalized spacial score (nSPS) is 20.9. The standard InChI is InChI=1S/C15H18N2O2S/c1-3-8-16-15(20)17-10(2)9-12(14(18)19)11-6-4-5-7-13(11)17/h3-7,10,12H,1,8-9H2,2H3,(H,16,20)(H,18,19). The summed E-state index contributed by atoms with van der Waals surface area (Å²) < 4.78 is 0. The van der Waals surface area contributed by atoms with Crippen LogP contribution >= 0.6 is 12.2 Å². The Morgan fingerprint density at radius 2 is 2.30 bits per heavy atom. The molecule has 2 N–H and O–H groups in total. The maximum absolute atomic E-state index is 11.4. The molecule has 0 saturated heterocycles. The number of carboxylic acids is 1. The van der Waals surface area contributed by atoms with Crippen LogP contribution in [0.2, 0.25) is 0 Å². The van der Waals surface area contributed by atoms with Crippen LogP contribution in [0.15, 0.2) is 36.9 Å². The first-order valence-electron chi connectivity index (χ1n) is 6.56. The fraction of sp³-hybridized carbons (Fsp3) is 0.333. The number of anilines is 1. The van der Waals surface area contributed by atoms with Gasteiger partial charge in [-0.25, -0.2) is 0 Å². The van der Waals surface area contributed by atoms with Crippen LogP contribution in [0.25, 0.3) is 0 Å². The van der Waals surface area contributed by atoms with Crippen LogP contribution in [-0.4, -0.2) is 28.8 Å². The predicted octanol–water partition coefficient (Wildman–Crippen LogP) is 2.51. The zero-order valence-corrected chi connectivity index (χ0v) is 12.2. The van der Waals surface area contributed by atoms with E-state index in [2.05, 4.69) is 11.9 Å². The first-order valence-corrected chi connectivity index (χ1v) is 6.96. The molecule has 0 bridgehead atoms. The first kappa shape index (κ1) is 14.5. The van der Waals surface area contributed by atoms with Gasteiger partial charge in [0.2, 0.25) is 0 Å². The van der Waals surface area contributed by atoms with E-state index < -0.39 is 11.9 Å². The van der Waals surface area contributed by atoms with Gasteiger partial charge in [-0.2, -0.15) is 0 Å². The van der Waals surface area contributed by atoms with Crippen LogP contribution in [0.5, 0.6) is 0 Å². The summed E-state index contributed by atoms with van der Waals surface area (Å²) in [6.45, 7) is 6.24. The summed E-state index contributed by atoms with van der Waals surface area (Å²) >= 11 is 5.42. The lowest BCUT2D eigenvalue weighted by Crippen LogP contribution is -2.49. The molecule has 0 radical (unpaired) electrons. The first-order chi connectivity index (χ1) is 9.56. The van der Waals surface area contributed by atoms with Crippen molar-refractivity contribution in [1.29, 1.82) is 0 Å². The van der Waals surface area contributed by atoms with Crippen molar-refractivity contribution in [3.05, 3.63) is 42.5 Å². The molecule has 2 unspecified atom stereocenters. The lowest BCUT2D eigenvalue weighted by Gasteiger charge is -2.39. The van der Waals surface area contributed by atoms with Crippen LogP contribution in [0, 0.1) is 0 Å². The average molecular weight is 290 g/mol. The molecule has 0 fully saturated rings. The zero-order valence-electron chi connectivity index (χ0n) is 11.4. The van der Waals surface area contributed by atoms with Crippen LogP contribution in [-0.2, 0) is 4.79 Å². The highest BCUT2D eigenvalue weighted by atomic mass is 32.1. The predicted molar refractivity (Wildman–Crippen MR) is 84.2 cm³/mol. The molecule has 20 heavy (non-hydrogen) atoms. The molecule has 0 amide bonds. The van der Waals surface area contributed by atoms with Crippen molar-refractivity contribution in [2.45, 2.75) is 25.3 Å². The number of nitrogens with one attached hydrogen (secondary N) is 1. The minimum absolute atomic E-state index is 0.0378. The van der Waals surface area contributed by atoms with Crippen LogP contribution in [0.4, 0.5) is 5.69 Å². The van der Waals surface area contributed by atoms with E-state index in [0.29, 0.717) is 18.1 Å². The SMILES string of the molecule is C=CCNC(=S)N1c2ccccc2C(C(=O)O)CC1C. The van der Waals surface area contributed by atoms with Gasteiger partial charge in [0, 0.05) is 18.3 Å². The van der Waals surface area contributed by atoms with Gasteiger partial charge in [0.25, 0.3) is 0 Å². The molecule has 0 aromatic heterocycles. The summed E-state index contributed by atoms with van der Waals surface area (Å²) in [6, 6.07) is 7.59. The molecule has 5 heteroatoms. The summed E-state index contributed by atoms with van der Waals surface area (Å²) in [5.74, 6) is -1.26. The second-order valence-electron chi connectivity index (χ2n) is 4.88. The number of benzene rings is 1. The minimum atomic E-state index is -0.783. The smallest absolute Gasteiger partial charge is 0.311 e. The Labute approximate surface area is 124 Å². The van der Waals surface area contributed by atoms with Gasteiger partial charge < -0.3 is 15.3 Å². The monoisotopic (exact) mass is 290 g/mol. The van der Waals surface area contributed by atoms with Crippen molar-refractivity contribution in [3.8, 4) is 0 Å². The van der Waals surface area contributed by atoms with Crippen LogP contribution in [0.1, 0.15) is 24.8 Å². The molecule has 1 aromatic carbocycles.